The zero-order valence-electron chi connectivity index (χ0n) is 15.4. The van der Waals surface area contributed by atoms with Crippen LogP contribution in [0.4, 0.5) is 0 Å². The zero-order valence-corrected chi connectivity index (χ0v) is 16.2. The maximum Gasteiger partial charge on any atom is 0.253 e. The highest BCUT2D eigenvalue weighted by atomic mass is 35.5. The molecule has 0 bridgehead atoms. The molecule has 2 heterocycles. The Bertz CT molecular complexity index is 803. The van der Waals surface area contributed by atoms with Crippen LogP contribution in [0.3, 0.4) is 0 Å². The van der Waals surface area contributed by atoms with Crippen LogP contribution in [0.2, 0.25) is 0 Å². The number of likely N-dealkylation sites (tertiary alicyclic amines) is 1. The molecule has 2 N–H and O–H groups in total. The molecule has 1 aromatic heterocycles. The third-order valence-electron chi connectivity index (χ3n) is 5.81. The first-order valence-electron chi connectivity index (χ1n) is 9.16. The summed E-state index contributed by atoms with van der Waals surface area (Å²) < 4.78 is 1.98. The Labute approximate surface area is 161 Å². The summed E-state index contributed by atoms with van der Waals surface area (Å²) in [7, 11) is 0. The zero-order chi connectivity index (χ0) is 17.6. The Morgan fingerprint density at radius 2 is 2.04 bits per heavy atom. The van der Waals surface area contributed by atoms with Crippen molar-refractivity contribution in [2.45, 2.75) is 39.3 Å². The molecule has 1 saturated heterocycles. The normalized spacial score (nSPS) is 24.4. The Balaban J connectivity index is 0.00000196. The van der Waals surface area contributed by atoms with Crippen LogP contribution in [-0.4, -0.2) is 39.7 Å². The lowest BCUT2D eigenvalue weighted by molar-refractivity contribution is 0.0779. The predicted octanol–water partition coefficient (Wildman–Crippen LogP) is 2.78. The Hall–Kier alpha value is -1.85. The summed E-state index contributed by atoms with van der Waals surface area (Å²) in [5.74, 6) is 1.22. The molecule has 3 atom stereocenters. The highest BCUT2D eigenvalue weighted by Gasteiger charge is 2.42. The number of amides is 1. The smallest absolute Gasteiger partial charge is 0.253 e. The lowest BCUT2D eigenvalue weighted by atomic mass is 9.98. The molecule has 2 fully saturated rings. The lowest BCUT2D eigenvalue weighted by Gasteiger charge is -2.19. The van der Waals surface area contributed by atoms with Gasteiger partial charge in [-0.1, -0.05) is 12.1 Å². The second-order valence-electron chi connectivity index (χ2n) is 7.66. The number of rotatable bonds is 3. The lowest BCUT2D eigenvalue weighted by Crippen LogP contribution is -2.33. The summed E-state index contributed by atoms with van der Waals surface area (Å²) >= 11 is 0. The largest absolute Gasteiger partial charge is 0.338 e. The number of nitrogens with two attached hydrogens (primary N) is 1. The summed E-state index contributed by atoms with van der Waals surface area (Å²) in [6.07, 6.45) is 2.27. The highest BCUT2D eigenvalue weighted by molar-refractivity contribution is 5.94. The summed E-state index contributed by atoms with van der Waals surface area (Å²) in [6, 6.07) is 10.3. The van der Waals surface area contributed by atoms with E-state index >= 15 is 0 Å². The van der Waals surface area contributed by atoms with Gasteiger partial charge in [0.1, 0.15) is 0 Å². The first-order valence-corrected chi connectivity index (χ1v) is 9.16. The van der Waals surface area contributed by atoms with Crippen molar-refractivity contribution in [3.63, 3.8) is 0 Å². The summed E-state index contributed by atoms with van der Waals surface area (Å²) in [5.41, 5.74) is 10.2. The molecule has 6 heteroatoms. The second-order valence-corrected chi connectivity index (χ2v) is 7.66. The van der Waals surface area contributed by atoms with E-state index in [4.69, 9.17) is 5.73 Å². The molecule has 1 aliphatic heterocycles. The third-order valence-corrected chi connectivity index (χ3v) is 5.81. The van der Waals surface area contributed by atoms with Crippen LogP contribution in [0.5, 0.6) is 0 Å². The summed E-state index contributed by atoms with van der Waals surface area (Å²) in [6.45, 7) is 6.42. The monoisotopic (exact) mass is 374 g/mol. The average molecular weight is 375 g/mol. The molecule has 5 nitrogen and oxygen atoms in total. The number of hydrogen-bond acceptors (Lipinski definition) is 3. The number of hydrogen-bond donors (Lipinski definition) is 1. The van der Waals surface area contributed by atoms with Gasteiger partial charge in [-0.3, -0.25) is 9.48 Å². The first-order chi connectivity index (χ1) is 12.0. The van der Waals surface area contributed by atoms with Gasteiger partial charge in [-0.15, -0.1) is 12.4 Å². The van der Waals surface area contributed by atoms with E-state index in [-0.39, 0.29) is 24.4 Å². The van der Waals surface area contributed by atoms with E-state index < -0.39 is 0 Å². The van der Waals surface area contributed by atoms with E-state index in [1.165, 1.54) is 0 Å². The van der Waals surface area contributed by atoms with Crippen molar-refractivity contribution >= 4 is 18.3 Å². The molecule has 0 spiro atoms. The summed E-state index contributed by atoms with van der Waals surface area (Å²) in [4.78, 5) is 14.9. The van der Waals surface area contributed by atoms with Crippen molar-refractivity contribution in [1.82, 2.24) is 14.7 Å². The van der Waals surface area contributed by atoms with Crippen LogP contribution in [-0.2, 0) is 6.54 Å². The van der Waals surface area contributed by atoms with Crippen LogP contribution in [0.1, 0.15) is 40.2 Å². The molecule has 3 unspecified atom stereocenters. The van der Waals surface area contributed by atoms with Gasteiger partial charge in [0.2, 0.25) is 0 Å². The van der Waals surface area contributed by atoms with E-state index in [2.05, 4.69) is 24.2 Å². The number of aryl methyl sites for hydroxylation is 2. The molecule has 1 aromatic carbocycles. The van der Waals surface area contributed by atoms with Gasteiger partial charge in [0.05, 0.1) is 12.2 Å². The Kier molecular flexibility index (Phi) is 5.39. The maximum absolute atomic E-state index is 12.9. The standard InChI is InChI=1S/C20H26N4O.ClH/c1-13-8-14(2)24(22-13)10-15-4-3-5-16(9-15)20(25)23-11-17-6-7-19(21)18(17)12-23;/h3-5,8-9,17-19H,6-7,10-12,21H2,1-2H3;1H. The number of halogens is 1. The van der Waals surface area contributed by atoms with Gasteiger partial charge in [-0.25, -0.2) is 0 Å². The van der Waals surface area contributed by atoms with Gasteiger partial charge in [-0.2, -0.15) is 5.10 Å². The highest BCUT2D eigenvalue weighted by Crippen LogP contribution is 2.37. The van der Waals surface area contributed by atoms with Crippen LogP contribution in [0.15, 0.2) is 30.3 Å². The fourth-order valence-corrected chi connectivity index (χ4v) is 4.47. The van der Waals surface area contributed by atoms with Crippen LogP contribution >= 0.6 is 12.4 Å². The van der Waals surface area contributed by atoms with Crippen molar-refractivity contribution in [1.29, 1.82) is 0 Å². The Morgan fingerprint density at radius 3 is 2.73 bits per heavy atom. The van der Waals surface area contributed by atoms with Gasteiger partial charge >= 0.3 is 0 Å². The van der Waals surface area contributed by atoms with Crippen molar-refractivity contribution < 1.29 is 4.79 Å². The maximum atomic E-state index is 12.9. The summed E-state index contributed by atoms with van der Waals surface area (Å²) in [5, 5.41) is 4.51. The van der Waals surface area contributed by atoms with E-state index in [0.717, 1.165) is 48.4 Å². The van der Waals surface area contributed by atoms with Crippen molar-refractivity contribution in [2.75, 3.05) is 13.1 Å². The molecule has 1 saturated carbocycles. The number of benzene rings is 1. The molecule has 26 heavy (non-hydrogen) atoms. The molecule has 0 radical (unpaired) electrons. The molecule has 2 aliphatic rings. The topological polar surface area (TPSA) is 64.2 Å². The Morgan fingerprint density at radius 1 is 1.23 bits per heavy atom. The van der Waals surface area contributed by atoms with E-state index in [1.54, 1.807) is 0 Å². The fraction of sp³-hybridized carbons (Fsp3) is 0.500. The van der Waals surface area contributed by atoms with Crippen LogP contribution < -0.4 is 5.73 Å². The quantitative estimate of drug-likeness (QED) is 0.898. The number of carbonyl (C=O) groups excluding carboxylic acids is 1. The van der Waals surface area contributed by atoms with Crippen LogP contribution in [0, 0.1) is 25.7 Å². The number of fused-ring (bicyclic) bond motifs is 1. The van der Waals surface area contributed by atoms with Gasteiger partial charge in [0.25, 0.3) is 5.91 Å². The van der Waals surface area contributed by atoms with E-state index in [1.807, 2.05) is 34.7 Å². The van der Waals surface area contributed by atoms with Gasteiger partial charge in [-0.05, 0) is 62.3 Å². The number of carbonyl (C=O) groups is 1. The van der Waals surface area contributed by atoms with Gasteiger partial charge < -0.3 is 10.6 Å². The van der Waals surface area contributed by atoms with Crippen molar-refractivity contribution in [2.24, 2.45) is 17.6 Å². The fourth-order valence-electron chi connectivity index (χ4n) is 4.47. The third kappa shape index (κ3) is 3.51. The predicted molar refractivity (Wildman–Crippen MR) is 105 cm³/mol. The van der Waals surface area contributed by atoms with E-state index in [0.29, 0.717) is 18.4 Å². The number of nitrogens with zero attached hydrogens (tertiary/aromatic N) is 3. The van der Waals surface area contributed by atoms with Crippen molar-refractivity contribution in [3.8, 4) is 0 Å². The average Bonchev–Trinajstić information content (AvgIpc) is 3.24. The van der Waals surface area contributed by atoms with Gasteiger partial charge in [0.15, 0.2) is 0 Å². The van der Waals surface area contributed by atoms with Crippen LogP contribution in [0.25, 0.3) is 0 Å². The molecule has 2 aromatic rings. The molecule has 1 amide bonds. The van der Waals surface area contributed by atoms with Crippen molar-refractivity contribution in [3.05, 3.63) is 52.8 Å². The molecule has 140 valence electrons. The number of aromatic nitrogens is 2. The molecular formula is C20H27ClN4O. The molecule has 4 rings (SSSR count). The minimum Gasteiger partial charge on any atom is -0.338 e. The molecule has 1 aliphatic carbocycles. The van der Waals surface area contributed by atoms with Gasteiger partial charge in [0, 0.05) is 30.4 Å². The van der Waals surface area contributed by atoms with E-state index in [9.17, 15) is 4.79 Å². The first kappa shape index (κ1) is 18.9. The SMILES string of the molecule is Cc1cc(C)n(Cc2cccc(C(=O)N3CC4CCC(N)C4C3)c2)n1.Cl. The second kappa shape index (κ2) is 7.41. The minimum atomic E-state index is 0. The minimum absolute atomic E-state index is 0. The molecular weight excluding hydrogens is 348 g/mol.